The van der Waals surface area contributed by atoms with Crippen molar-refractivity contribution in [1.82, 2.24) is 15.3 Å². The van der Waals surface area contributed by atoms with E-state index < -0.39 is 15.4 Å². The van der Waals surface area contributed by atoms with Crippen molar-refractivity contribution in [2.24, 2.45) is 0 Å². The fourth-order valence-electron chi connectivity index (χ4n) is 4.18. The lowest BCUT2D eigenvalue weighted by molar-refractivity contribution is -0.0241. The minimum absolute atomic E-state index is 0.224. The van der Waals surface area contributed by atoms with Gasteiger partial charge in [-0.05, 0) is 31.3 Å². The Balaban J connectivity index is 1.66. The van der Waals surface area contributed by atoms with Crippen LogP contribution < -0.4 is 5.32 Å². The normalized spacial score (nSPS) is 18.4. The minimum Gasteiger partial charge on any atom is -0.450 e. The van der Waals surface area contributed by atoms with E-state index in [4.69, 9.17) is 4.74 Å². The van der Waals surface area contributed by atoms with Crippen LogP contribution in [0, 0.1) is 0 Å². The van der Waals surface area contributed by atoms with Crippen molar-refractivity contribution in [1.29, 1.82) is 0 Å². The third-order valence-corrected chi connectivity index (χ3v) is 6.71. The third kappa shape index (κ3) is 2.56. The minimum atomic E-state index is -3.31. The standard InChI is InChI=1S/C20H19N3O4S/c1-28(25,26)12-5-6-15-16(11-12)23-18(22-15)13-3-2-4-14-17(13)19(24)27-20(14)7-9-21-10-8-20/h2-6,11,21H,7-10H2,1H3,(H,22,23). The molecule has 8 heteroatoms. The average Bonchev–Trinajstić information content (AvgIpc) is 3.21. The monoisotopic (exact) mass is 397 g/mol. The van der Waals surface area contributed by atoms with Crippen molar-refractivity contribution in [3.05, 3.63) is 47.5 Å². The summed E-state index contributed by atoms with van der Waals surface area (Å²) >= 11 is 0. The van der Waals surface area contributed by atoms with E-state index in [-0.39, 0.29) is 10.9 Å². The molecule has 2 aliphatic heterocycles. The van der Waals surface area contributed by atoms with Crippen molar-refractivity contribution in [3.8, 4) is 11.4 Å². The van der Waals surface area contributed by atoms with Gasteiger partial charge in [-0.25, -0.2) is 18.2 Å². The van der Waals surface area contributed by atoms with Gasteiger partial charge < -0.3 is 15.0 Å². The summed E-state index contributed by atoms with van der Waals surface area (Å²) in [6, 6.07) is 10.5. The average molecular weight is 397 g/mol. The number of esters is 1. The smallest absolute Gasteiger partial charge is 0.340 e. The maximum absolute atomic E-state index is 12.8. The van der Waals surface area contributed by atoms with Crippen LogP contribution in [0.3, 0.4) is 0 Å². The van der Waals surface area contributed by atoms with Crippen LogP contribution in [0.4, 0.5) is 0 Å². The predicted molar refractivity (Wildman–Crippen MR) is 104 cm³/mol. The molecule has 3 heterocycles. The molecule has 0 radical (unpaired) electrons. The fourth-order valence-corrected chi connectivity index (χ4v) is 4.83. The summed E-state index contributed by atoms with van der Waals surface area (Å²) in [5, 5.41) is 3.30. The Morgan fingerprint density at radius 1 is 1.14 bits per heavy atom. The Kier molecular flexibility index (Phi) is 3.66. The Morgan fingerprint density at radius 2 is 1.93 bits per heavy atom. The summed E-state index contributed by atoms with van der Waals surface area (Å²) in [6.45, 7) is 1.60. The highest BCUT2D eigenvalue weighted by Gasteiger charge is 2.47. The van der Waals surface area contributed by atoms with E-state index in [2.05, 4.69) is 15.3 Å². The molecule has 2 aromatic carbocycles. The molecule has 3 aromatic rings. The molecule has 0 bridgehead atoms. The summed E-state index contributed by atoms with van der Waals surface area (Å²) in [6.07, 6.45) is 2.66. The van der Waals surface area contributed by atoms with E-state index in [0.29, 0.717) is 28.0 Å². The van der Waals surface area contributed by atoms with Gasteiger partial charge in [-0.2, -0.15) is 0 Å². The zero-order valence-corrected chi connectivity index (χ0v) is 16.1. The van der Waals surface area contributed by atoms with E-state index in [1.54, 1.807) is 12.1 Å². The number of aromatic nitrogens is 2. The first-order valence-corrected chi connectivity index (χ1v) is 11.0. The maximum Gasteiger partial charge on any atom is 0.340 e. The molecule has 0 aliphatic carbocycles. The van der Waals surface area contributed by atoms with Gasteiger partial charge in [-0.1, -0.05) is 18.2 Å². The zero-order chi connectivity index (χ0) is 19.5. The first kappa shape index (κ1) is 17.4. The number of fused-ring (bicyclic) bond motifs is 3. The number of aromatic amines is 1. The number of hydrogen-bond donors (Lipinski definition) is 2. The van der Waals surface area contributed by atoms with Crippen LogP contribution in [-0.4, -0.2) is 43.7 Å². The van der Waals surface area contributed by atoms with Gasteiger partial charge >= 0.3 is 5.97 Å². The topological polar surface area (TPSA) is 101 Å². The third-order valence-electron chi connectivity index (χ3n) is 5.60. The summed E-state index contributed by atoms with van der Waals surface area (Å²) < 4.78 is 29.5. The number of carbonyl (C=O) groups excluding carboxylic acids is 1. The van der Waals surface area contributed by atoms with E-state index in [1.807, 2.05) is 18.2 Å². The zero-order valence-electron chi connectivity index (χ0n) is 15.3. The highest BCUT2D eigenvalue weighted by atomic mass is 32.2. The van der Waals surface area contributed by atoms with Gasteiger partial charge in [0.15, 0.2) is 9.84 Å². The van der Waals surface area contributed by atoms with Crippen molar-refractivity contribution in [2.75, 3.05) is 19.3 Å². The molecule has 1 saturated heterocycles. The maximum atomic E-state index is 12.8. The number of nitrogens with one attached hydrogen (secondary N) is 2. The molecule has 1 aromatic heterocycles. The van der Waals surface area contributed by atoms with Gasteiger partial charge in [-0.15, -0.1) is 0 Å². The van der Waals surface area contributed by atoms with Crippen LogP contribution in [0.1, 0.15) is 28.8 Å². The van der Waals surface area contributed by atoms with Crippen molar-refractivity contribution < 1.29 is 17.9 Å². The molecule has 7 nitrogen and oxygen atoms in total. The second kappa shape index (κ2) is 5.89. The van der Waals surface area contributed by atoms with Crippen LogP contribution in [0.5, 0.6) is 0 Å². The molecule has 2 aliphatic rings. The number of piperidine rings is 1. The molecule has 0 unspecified atom stereocenters. The summed E-state index contributed by atoms with van der Waals surface area (Å²) in [4.78, 5) is 20.7. The largest absolute Gasteiger partial charge is 0.450 e. The summed E-state index contributed by atoms with van der Waals surface area (Å²) in [5.74, 6) is 0.199. The molecule has 1 spiro atoms. The molecule has 144 valence electrons. The van der Waals surface area contributed by atoms with E-state index >= 15 is 0 Å². The highest BCUT2D eigenvalue weighted by molar-refractivity contribution is 7.90. The number of imidazole rings is 1. The molecule has 0 saturated carbocycles. The van der Waals surface area contributed by atoms with Crippen LogP contribution in [-0.2, 0) is 20.2 Å². The Labute approximate surface area is 162 Å². The lowest BCUT2D eigenvalue weighted by atomic mass is 9.83. The van der Waals surface area contributed by atoms with E-state index in [9.17, 15) is 13.2 Å². The molecule has 0 amide bonds. The van der Waals surface area contributed by atoms with Gasteiger partial charge in [0.1, 0.15) is 11.4 Å². The number of rotatable bonds is 2. The molecular formula is C20H19N3O4S. The number of nitrogens with zero attached hydrogens (tertiary/aromatic N) is 1. The number of hydrogen-bond acceptors (Lipinski definition) is 6. The Bertz CT molecular complexity index is 1220. The molecule has 1 fully saturated rings. The van der Waals surface area contributed by atoms with E-state index in [1.165, 1.54) is 12.3 Å². The van der Waals surface area contributed by atoms with Crippen LogP contribution in [0.2, 0.25) is 0 Å². The molecule has 28 heavy (non-hydrogen) atoms. The predicted octanol–water partition coefficient (Wildman–Crippen LogP) is 2.38. The fraction of sp³-hybridized carbons (Fsp3) is 0.300. The van der Waals surface area contributed by atoms with Gasteiger partial charge in [0, 0.05) is 30.2 Å². The first-order valence-electron chi connectivity index (χ1n) is 9.15. The molecule has 0 atom stereocenters. The number of sulfone groups is 1. The SMILES string of the molecule is CS(=O)(=O)c1ccc2nc(-c3cccc4c3C(=O)OC43CCNCC3)[nH]c2c1. The summed E-state index contributed by atoms with van der Waals surface area (Å²) in [7, 11) is -3.31. The lowest BCUT2D eigenvalue weighted by Gasteiger charge is -2.33. The number of H-pyrrole nitrogens is 1. The number of benzene rings is 2. The Hall–Kier alpha value is -2.71. The molecular weight excluding hydrogens is 378 g/mol. The Morgan fingerprint density at radius 3 is 2.68 bits per heavy atom. The second-order valence-electron chi connectivity index (χ2n) is 7.40. The van der Waals surface area contributed by atoms with Gasteiger partial charge in [0.25, 0.3) is 0 Å². The molecule has 2 N–H and O–H groups in total. The van der Waals surface area contributed by atoms with Crippen LogP contribution >= 0.6 is 0 Å². The summed E-state index contributed by atoms with van der Waals surface area (Å²) in [5.41, 5.74) is 2.82. The lowest BCUT2D eigenvalue weighted by Crippen LogP contribution is -2.39. The van der Waals surface area contributed by atoms with Gasteiger partial charge in [0.05, 0.1) is 21.5 Å². The van der Waals surface area contributed by atoms with Gasteiger partial charge in [-0.3, -0.25) is 0 Å². The van der Waals surface area contributed by atoms with Crippen molar-refractivity contribution >= 4 is 26.8 Å². The number of ether oxygens (including phenoxy) is 1. The quantitative estimate of drug-likeness (QED) is 0.644. The second-order valence-corrected chi connectivity index (χ2v) is 9.41. The van der Waals surface area contributed by atoms with Crippen molar-refractivity contribution in [3.63, 3.8) is 0 Å². The molecule has 5 rings (SSSR count). The van der Waals surface area contributed by atoms with Crippen molar-refractivity contribution in [2.45, 2.75) is 23.3 Å². The first-order chi connectivity index (χ1) is 13.4. The van der Waals surface area contributed by atoms with Gasteiger partial charge in [0.2, 0.25) is 0 Å². The number of carbonyl (C=O) groups is 1. The van der Waals surface area contributed by atoms with E-state index in [0.717, 1.165) is 31.5 Å². The highest BCUT2D eigenvalue weighted by Crippen LogP contribution is 2.45. The van der Waals surface area contributed by atoms with Crippen LogP contribution in [0.15, 0.2) is 41.3 Å². The van der Waals surface area contributed by atoms with Crippen LogP contribution in [0.25, 0.3) is 22.4 Å².